The number of nitrogens with zero attached hydrogens (tertiary/aromatic N) is 5. The number of thioether (sulfide) groups is 1. The second kappa shape index (κ2) is 10.6. The third-order valence-electron chi connectivity index (χ3n) is 5.19. The maximum absolute atomic E-state index is 15.7. The van der Waals surface area contributed by atoms with Gasteiger partial charge in [-0.05, 0) is 59.0 Å². The average Bonchev–Trinajstić information content (AvgIpc) is 3.36. The van der Waals surface area contributed by atoms with Crippen molar-refractivity contribution in [3.8, 4) is 11.8 Å². The Hall–Kier alpha value is -3.89. The quantitative estimate of drug-likeness (QED) is 0.209. The number of halogens is 6. The molecule has 1 atom stereocenters. The van der Waals surface area contributed by atoms with Crippen molar-refractivity contribution in [1.82, 2.24) is 25.2 Å². The number of pyridine rings is 1. The zero-order valence-electron chi connectivity index (χ0n) is 18.5. The lowest BCUT2D eigenvalue weighted by atomic mass is 9.84. The minimum Gasteiger partial charge on any atom is -0.377 e. The van der Waals surface area contributed by atoms with E-state index in [1.54, 1.807) is 0 Å². The molecule has 1 N–H and O–H groups in total. The smallest absolute Gasteiger partial charge is 0.323 e. The van der Waals surface area contributed by atoms with E-state index >= 15 is 8.78 Å². The van der Waals surface area contributed by atoms with E-state index in [2.05, 4.69) is 32.4 Å². The average molecular weight is 535 g/mol. The Labute approximate surface area is 210 Å². The monoisotopic (exact) mass is 535 g/mol. The van der Waals surface area contributed by atoms with Crippen molar-refractivity contribution in [2.45, 2.75) is 28.7 Å². The van der Waals surface area contributed by atoms with Gasteiger partial charge in [-0.15, -0.1) is 5.10 Å². The van der Waals surface area contributed by atoms with Crippen LogP contribution in [0.2, 0.25) is 0 Å². The number of aromatic nitrogens is 5. The van der Waals surface area contributed by atoms with Crippen molar-refractivity contribution < 1.29 is 31.4 Å². The highest BCUT2D eigenvalue weighted by Crippen LogP contribution is 2.46. The van der Waals surface area contributed by atoms with Crippen molar-refractivity contribution in [3.05, 3.63) is 101 Å². The molecule has 37 heavy (non-hydrogen) atoms. The number of tetrazole rings is 1. The summed E-state index contributed by atoms with van der Waals surface area (Å²) in [6.07, 6.45) is 1.99. The number of hydrogen-bond acceptors (Lipinski definition) is 6. The van der Waals surface area contributed by atoms with Gasteiger partial charge in [0.05, 0.1) is 6.54 Å². The zero-order valence-corrected chi connectivity index (χ0v) is 19.3. The summed E-state index contributed by atoms with van der Waals surface area (Å²) in [7, 11) is 0. The molecule has 13 heteroatoms. The maximum Gasteiger partial charge on any atom is 0.323 e. The molecule has 0 saturated carbocycles. The first-order valence-electron chi connectivity index (χ1n) is 10.4. The van der Waals surface area contributed by atoms with Gasteiger partial charge >= 0.3 is 5.92 Å². The molecule has 4 aromatic rings. The van der Waals surface area contributed by atoms with E-state index in [1.807, 2.05) is 0 Å². The molecule has 0 fully saturated rings. The first-order valence-corrected chi connectivity index (χ1v) is 11.3. The van der Waals surface area contributed by atoms with Crippen molar-refractivity contribution >= 4 is 11.8 Å². The van der Waals surface area contributed by atoms with E-state index in [0.29, 0.717) is 34.4 Å². The largest absolute Gasteiger partial charge is 0.377 e. The molecule has 0 aliphatic rings. The van der Waals surface area contributed by atoms with Crippen LogP contribution >= 0.6 is 11.8 Å². The van der Waals surface area contributed by atoms with Crippen molar-refractivity contribution in [1.29, 1.82) is 0 Å². The Balaban J connectivity index is 1.63. The molecule has 2 aromatic carbocycles. The van der Waals surface area contributed by atoms with E-state index in [9.17, 15) is 22.7 Å². The second-order valence-corrected chi connectivity index (χ2v) is 8.71. The highest BCUT2D eigenvalue weighted by atomic mass is 32.2. The minimum absolute atomic E-state index is 0.238. The molecule has 0 spiro atoms. The van der Waals surface area contributed by atoms with E-state index < -0.39 is 46.7 Å². The molecule has 0 saturated heterocycles. The van der Waals surface area contributed by atoms with Gasteiger partial charge < -0.3 is 5.11 Å². The van der Waals surface area contributed by atoms with Gasteiger partial charge in [0.25, 0.3) is 5.76 Å². The van der Waals surface area contributed by atoms with Gasteiger partial charge in [-0.3, -0.25) is 4.98 Å². The van der Waals surface area contributed by atoms with Gasteiger partial charge in [-0.1, -0.05) is 23.6 Å². The lowest BCUT2D eigenvalue weighted by molar-refractivity contribution is -0.207. The van der Waals surface area contributed by atoms with E-state index in [-0.39, 0.29) is 5.56 Å². The van der Waals surface area contributed by atoms with Crippen molar-refractivity contribution in [3.63, 3.8) is 0 Å². The van der Waals surface area contributed by atoms with E-state index in [1.165, 1.54) is 30.3 Å². The van der Waals surface area contributed by atoms with Crippen LogP contribution in [0.1, 0.15) is 22.4 Å². The Kier molecular flexibility index (Phi) is 7.51. The van der Waals surface area contributed by atoms with Crippen LogP contribution in [0, 0.1) is 23.5 Å². The van der Waals surface area contributed by atoms with Gasteiger partial charge in [0, 0.05) is 33.8 Å². The molecule has 1 unspecified atom stereocenters. The molecule has 0 aliphatic heterocycles. The summed E-state index contributed by atoms with van der Waals surface area (Å²) in [5.41, 5.74) is -4.31. The lowest BCUT2D eigenvalue weighted by Gasteiger charge is -2.35. The third kappa shape index (κ3) is 5.76. The summed E-state index contributed by atoms with van der Waals surface area (Å²) in [6, 6.07) is 9.99. The molecule has 6 nitrogen and oxygen atoms in total. The van der Waals surface area contributed by atoms with E-state index in [4.69, 9.17) is 0 Å². The summed E-state index contributed by atoms with van der Waals surface area (Å²) in [4.78, 5) is 4.08. The Morgan fingerprint density at radius 3 is 2.27 bits per heavy atom. The molecule has 0 amide bonds. The van der Waals surface area contributed by atoms with E-state index in [0.717, 1.165) is 29.3 Å². The maximum atomic E-state index is 15.7. The third-order valence-corrected chi connectivity index (χ3v) is 5.92. The minimum atomic E-state index is -4.19. The Morgan fingerprint density at radius 2 is 1.68 bits per heavy atom. The van der Waals surface area contributed by atoms with Gasteiger partial charge in [0.15, 0.2) is 5.60 Å². The van der Waals surface area contributed by atoms with Crippen LogP contribution in [0.25, 0.3) is 0 Å². The molecule has 2 heterocycles. The van der Waals surface area contributed by atoms with Crippen LogP contribution < -0.4 is 0 Å². The van der Waals surface area contributed by atoms with Gasteiger partial charge in [-0.2, -0.15) is 17.6 Å². The van der Waals surface area contributed by atoms with Crippen molar-refractivity contribution in [2.75, 3.05) is 0 Å². The fourth-order valence-corrected chi connectivity index (χ4v) is 3.89. The normalized spacial score (nSPS) is 13.2. The molecular formula is C24H15F6N5OS. The Morgan fingerprint density at radius 1 is 0.973 bits per heavy atom. The highest BCUT2D eigenvalue weighted by Gasteiger charge is 2.57. The van der Waals surface area contributed by atoms with Crippen LogP contribution in [-0.2, 0) is 18.1 Å². The van der Waals surface area contributed by atoms with Crippen LogP contribution in [0.3, 0.4) is 0 Å². The first kappa shape index (κ1) is 26.2. The fourth-order valence-electron chi connectivity index (χ4n) is 3.40. The number of alkyl halides is 4. The lowest BCUT2D eigenvalue weighted by Crippen LogP contribution is -2.48. The summed E-state index contributed by atoms with van der Waals surface area (Å²) in [5.74, 6) is -3.67. The summed E-state index contributed by atoms with van der Waals surface area (Å²) in [5, 5.41) is 21.3. The van der Waals surface area contributed by atoms with Crippen molar-refractivity contribution in [2.24, 2.45) is 0 Å². The molecule has 0 bridgehead atoms. The van der Waals surface area contributed by atoms with Crippen LogP contribution in [0.4, 0.5) is 26.3 Å². The SMILES string of the molecule is OC(Cn1cnnn1)(c1ccc(F)cc1F)C(F)(F)c1ccc(C#Cc2ccc(SC(F)F)cc2)cn1. The number of rotatable bonds is 7. The molecule has 2 aromatic heterocycles. The van der Waals surface area contributed by atoms with Gasteiger partial charge in [0.1, 0.15) is 23.7 Å². The predicted molar refractivity (Wildman–Crippen MR) is 120 cm³/mol. The van der Waals surface area contributed by atoms with Gasteiger partial charge in [0.2, 0.25) is 0 Å². The molecule has 4 rings (SSSR count). The number of benzene rings is 2. The topological polar surface area (TPSA) is 76.7 Å². The van der Waals surface area contributed by atoms with Gasteiger partial charge in [-0.25, -0.2) is 13.5 Å². The molecule has 190 valence electrons. The first-order chi connectivity index (χ1) is 17.6. The number of aliphatic hydroxyl groups is 1. The standard InChI is InChI=1S/C24H15F6N5OS/c25-17-6-9-19(20(26)11-17)23(36,13-35-14-32-33-34-35)24(29,30)21-10-5-16(12-31-21)2-1-15-3-7-18(8-4-15)37-22(27)28/h3-12,14,22,36H,13H2. The molecular weight excluding hydrogens is 520 g/mol. The zero-order chi connectivity index (χ0) is 26.6. The molecule has 0 aliphatic carbocycles. The Bertz CT molecular complexity index is 1420. The highest BCUT2D eigenvalue weighted by molar-refractivity contribution is 7.99. The summed E-state index contributed by atoms with van der Waals surface area (Å²) < 4.78 is 85.1. The molecule has 0 radical (unpaired) electrons. The van der Waals surface area contributed by atoms with Crippen LogP contribution in [0.15, 0.2) is 72.0 Å². The predicted octanol–water partition coefficient (Wildman–Crippen LogP) is 4.74. The number of hydrogen-bond donors (Lipinski definition) is 1. The fraction of sp³-hybridized carbons (Fsp3) is 0.167. The van der Waals surface area contributed by atoms with Crippen LogP contribution in [-0.4, -0.2) is 36.1 Å². The second-order valence-electron chi connectivity index (χ2n) is 7.65. The summed E-state index contributed by atoms with van der Waals surface area (Å²) >= 11 is 0.391. The summed E-state index contributed by atoms with van der Waals surface area (Å²) in [6.45, 7) is -0.974. The van der Waals surface area contributed by atoms with Crippen LogP contribution in [0.5, 0.6) is 0 Å².